The molecule has 4 aliphatic rings. The Morgan fingerprint density at radius 2 is 1.93 bits per heavy atom. The summed E-state index contributed by atoms with van der Waals surface area (Å²) in [5, 5.41) is 6.40. The van der Waals surface area contributed by atoms with Gasteiger partial charge >= 0.3 is 0 Å². The monoisotopic (exact) mass is 385 g/mol. The topological polar surface area (TPSA) is 93.5 Å². The first-order valence-electron chi connectivity index (χ1n) is 10.3. The number of hydrogen-bond acceptors (Lipinski definition) is 4. The number of benzene rings is 1. The van der Waals surface area contributed by atoms with E-state index in [9.17, 15) is 9.59 Å². The van der Waals surface area contributed by atoms with Crippen LogP contribution in [0.2, 0.25) is 0 Å². The second kappa shape index (κ2) is 6.85. The maximum Gasteiger partial charge on any atom is 0.226 e. The standard InChI is InChI=1S/C22H31N3O3/c1-15-5-3-4-6-17(15)16(2)11-18(26)25-14-20-12-21(13-20,19(23)27)22(28-20)7-9-24-10-8-22/h3-6,16,24H,7-14H2,1-2H3,(H2,23,27)(H,25,26). The van der Waals surface area contributed by atoms with Crippen LogP contribution in [0.15, 0.2) is 24.3 Å². The van der Waals surface area contributed by atoms with Crippen molar-refractivity contribution in [1.82, 2.24) is 10.6 Å². The Morgan fingerprint density at radius 3 is 2.57 bits per heavy atom. The van der Waals surface area contributed by atoms with Gasteiger partial charge in [0.1, 0.15) is 0 Å². The highest BCUT2D eigenvalue weighted by atomic mass is 16.5. The average molecular weight is 386 g/mol. The number of carbonyl (C=O) groups is 2. The molecule has 1 saturated carbocycles. The molecule has 4 fully saturated rings. The van der Waals surface area contributed by atoms with E-state index in [2.05, 4.69) is 36.6 Å². The quantitative estimate of drug-likeness (QED) is 0.696. The summed E-state index contributed by atoms with van der Waals surface area (Å²) in [5.41, 5.74) is 6.77. The molecular weight excluding hydrogens is 354 g/mol. The highest BCUT2D eigenvalue weighted by Gasteiger charge is 2.77. The predicted octanol–water partition coefficient (Wildman–Crippen LogP) is 1.76. The van der Waals surface area contributed by atoms with Gasteiger partial charge in [-0.25, -0.2) is 0 Å². The Morgan fingerprint density at radius 1 is 1.25 bits per heavy atom. The first-order valence-corrected chi connectivity index (χ1v) is 10.3. The SMILES string of the molecule is Cc1ccccc1C(C)CC(=O)NCC12CC(C(N)=O)(C1)C1(CCNCC1)O2. The number of piperidine rings is 1. The number of nitrogens with one attached hydrogen (secondary N) is 2. The van der Waals surface area contributed by atoms with Crippen LogP contribution in [0.3, 0.4) is 0 Å². The zero-order chi connectivity index (χ0) is 20.0. The molecule has 4 N–H and O–H groups in total. The van der Waals surface area contributed by atoms with E-state index >= 15 is 0 Å². The van der Waals surface area contributed by atoms with Crippen LogP contribution in [-0.2, 0) is 14.3 Å². The molecule has 3 heterocycles. The molecule has 6 nitrogen and oxygen atoms in total. The van der Waals surface area contributed by atoms with Crippen LogP contribution in [-0.4, -0.2) is 42.7 Å². The molecule has 1 unspecified atom stereocenters. The lowest BCUT2D eigenvalue weighted by Crippen LogP contribution is -2.60. The molecule has 1 atom stereocenters. The largest absolute Gasteiger partial charge is 0.369 e. The molecule has 0 radical (unpaired) electrons. The number of hydrogen-bond donors (Lipinski definition) is 3. The van der Waals surface area contributed by atoms with Crippen LogP contribution in [0.25, 0.3) is 0 Å². The molecule has 1 spiro atoms. The smallest absolute Gasteiger partial charge is 0.226 e. The Labute approximate surface area is 166 Å². The minimum absolute atomic E-state index is 0.0246. The summed E-state index contributed by atoms with van der Waals surface area (Å²) >= 11 is 0. The summed E-state index contributed by atoms with van der Waals surface area (Å²) in [7, 11) is 0. The molecule has 5 rings (SSSR count). The van der Waals surface area contributed by atoms with Crippen LogP contribution >= 0.6 is 0 Å². The fourth-order valence-electron chi connectivity index (χ4n) is 5.79. The molecule has 2 amide bonds. The third kappa shape index (κ3) is 2.94. The minimum atomic E-state index is -0.561. The van der Waals surface area contributed by atoms with Crippen LogP contribution in [0.5, 0.6) is 0 Å². The molecular formula is C22H31N3O3. The van der Waals surface area contributed by atoms with Crippen molar-refractivity contribution in [3.63, 3.8) is 0 Å². The van der Waals surface area contributed by atoms with Gasteiger partial charge in [0, 0.05) is 13.0 Å². The molecule has 6 heteroatoms. The van der Waals surface area contributed by atoms with E-state index in [1.807, 2.05) is 12.1 Å². The molecule has 1 aromatic carbocycles. The van der Waals surface area contributed by atoms with E-state index in [-0.39, 0.29) is 17.7 Å². The molecule has 2 bridgehead atoms. The van der Waals surface area contributed by atoms with Gasteiger partial charge in [0.05, 0.1) is 16.6 Å². The summed E-state index contributed by atoms with van der Waals surface area (Å²) in [6, 6.07) is 8.18. The van der Waals surface area contributed by atoms with Gasteiger partial charge in [-0.2, -0.15) is 0 Å². The maximum atomic E-state index is 12.6. The van der Waals surface area contributed by atoms with Gasteiger partial charge < -0.3 is 21.1 Å². The molecule has 3 saturated heterocycles. The van der Waals surface area contributed by atoms with Crippen molar-refractivity contribution in [3.05, 3.63) is 35.4 Å². The van der Waals surface area contributed by atoms with Crippen LogP contribution in [0, 0.1) is 12.3 Å². The minimum Gasteiger partial charge on any atom is -0.369 e. The lowest BCUT2D eigenvalue weighted by atomic mass is 9.53. The number of primary amides is 1. The normalized spacial score (nSPS) is 31.2. The van der Waals surface area contributed by atoms with E-state index in [0.29, 0.717) is 25.8 Å². The molecule has 152 valence electrons. The second-order valence-corrected chi connectivity index (χ2v) is 9.07. The molecule has 28 heavy (non-hydrogen) atoms. The Hall–Kier alpha value is -1.92. The zero-order valence-electron chi connectivity index (χ0n) is 16.8. The van der Waals surface area contributed by atoms with E-state index in [1.165, 1.54) is 11.1 Å². The highest BCUT2D eigenvalue weighted by Crippen LogP contribution is 2.68. The third-order valence-corrected chi connectivity index (χ3v) is 7.23. The van der Waals surface area contributed by atoms with Gasteiger partial charge in [-0.05, 0) is 62.7 Å². The fraction of sp³-hybridized carbons (Fsp3) is 0.636. The molecule has 3 aliphatic heterocycles. The molecule has 1 aliphatic carbocycles. The van der Waals surface area contributed by atoms with Crippen molar-refractivity contribution in [3.8, 4) is 0 Å². The summed E-state index contributed by atoms with van der Waals surface area (Å²) in [6.07, 6.45) is 3.30. The lowest BCUT2D eigenvalue weighted by Gasteiger charge is -2.47. The van der Waals surface area contributed by atoms with Crippen molar-refractivity contribution in [1.29, 1.82) is 0 Å². The average Bonchev–Trinajstić information content (AvgIpc) is 3.05. The maximum absolute atomic E-state index is 12.6. The van der Waals surface area contributed by atoms with Crippen LogP contribution in [0.1, 0.15) is 56.1 Å². The van der Waals surface area contributed by atoms with Gasteiger partial charge in [-0.1, -0.05) is 31.2 Å². The van der Waals surface area contributed by atoms with Crippen molar-refractivity contribution in [2.45, 2.75) is 63.1 Å². The molecule has 1 aromatic rings. The van der Waals surface area contributed by atoms with Crippen molar-refractivity contribution < 1.29 is 14.3 Å². The summed E-state index contributed by atoms with van der Waals surface area (Å²) in [6.45, 7) is 6.29. The lowest BCUT2D eigenvalue weighted by molar-refractivity contribution is -0.137. The fourth-order valence-corrected chi connectivity index (χ4v) is 5.79. The van der Waals surface area contributed by atoms with Gasteiger partial charge in [0.2, 0.25) is 11.8 Å². The number of aryl methyl sites for hydroxylation is 1. The number of nitrogens with two attached hydrogens (primary N) is 1. The first-order chi connectivity index (χ1) is 13.3. The molecule has 0 aromatic heterocycles. The number of carbonyl (C=O) groups excluding carboxylic acids is 2. The third-order valence-electron chi connectivity index (χ3n) is 7.23. The Bertz CT molecular complexity index is 779. The van der Waals surface area contributed by atoms with Gasteiger partial charge in [-0.3, -0.25) is 9.59 Å². The summed E-state index contributed by atoms with van der Waals surface area (Å²) in [5.74, 6) is -0.0661. The van der Waals surface area contributed by atoms with Crippen LogP contribution < -0.4 is 16.4 Å². The predicted molar refractivity (Wildman–Crippen MR) is 107 cm³/mol. The van der Waals surface area contributed by atoms with Gasteiger partial charge in [-0.15, -0.1) is 0 Å². The van der Waals surface area contributed by atoms with Crippen molar-refractivity contribution in [2.24, 2.45) is 11.1 Å². The van der Waals surface area contributed by atoms with E-state index in [0.717, 1.165) is 25.9 Å². The number of rotatable bonds is 6. The number of amides is 2. The zero-order valence-corrected chi connectivity index (χ0v) is 16.8. The van der Waals surface area contributed by atoms with Gasteiger partial charge in [0.15, 0.2) is 0 Å². The van der Waals surface area contributed by atoms with Gasteiger partial charge in [0.25, 0.3) is 0 Å². The van der Waals surface area contributed by atoms with Crippen molar-refractivity contribution >= 4 is 11.8 Å². The highest BCUT2D eigenvalue weighted by molar-refractivity contribution is 5.85. The summed E-state index contributed by atoms with van der Waals surface area (Å²) in [4.78, 5) is 24.9. The Kier molecular flexibility index (Phi) is 4.74. The van der Waals surface area contributed by atoms with Crippen LogP contribution in [0.4, 0.5) is 0 Å². The van der Waals surface area contributed by atoms with E-state index < -0.39 is 16.6 Å². The van der Waals surface area contributed by atoms with E-state index in [1.54, 1.807) is 0 Å². The summed E-state index contributed by atoms with van der Waals surface area (Å²) < 4.78 is 6.52. The van der Waals surface area contributed by atoms with E-state index in [4.69, 9.17) is 10.5 Å². The Balaban J connectivity index is 1.37. The van der Waals surface area contributed by atoms with Crippen molar-refractivity contribution in [2.75, 3.05) is 19.6 Å². The second-order valence-electron chi connectivity index (χ2n) is 9.07. The first kappa shape index (κ1) is 19.4. The number of ether oxygens (including phenoxy) is 1.